The van der Waals surface area contributed by atoms with Crippen LogP contribution < -0.4 is 9.64 Å². The molecule has 0 atom stereocenters. The molecule has 0 saturated heterocycles. The maximum Gasteiger partial charge on any atom is 0.573 e. The number of hydrogen-bond acceptors (Lipinski definition) is 4. The first-order valence-electron chi connectivity index (χ1n) is 4.90. The molecule has 0 bridgehead atoms. The van der Waals surface area contributed by atoms with E-state index in [0.29, 0.717) is 5.69 Å². The van der Waals surface area contributed by atoms with Crippen molar-refractivity contribution in [3.8, 4) is 5.75 Å². The van der Waals surface area contributed by atoms with Crippen molar-refractivity contribution in [3.63, 3.8) is 0 Å². The van der Waals surface area contributed by atoms with E-state index >= 15 is 0 Å². The summed E-state index contributed by atoms with van der Waals surface area (Å²) in [5.41, 5.74) is 0.283. The minimum absolute atomic E-state index is 0.277. The first-order valence-corrected chi connectivity index (χ1v) is 4.90. The Bertz CT molecular complexity index is 444. The highest BCUT2D eigenvalue weighted by Gasteiger charge is 2.33. The fourth-order valence-electron chi connectivity index (χ4n) is 1.28. The summed E-state index contributed by atoms with van der Waals surface area (Å²) in [6.07, 6.45) is -4.86. The molecule has 7 heteroatoms. The second kappa shape index (κ2) is 5.16. The number of benzene rings is 1. The molecule has 0 aromatic heterocycles. The van der Waals surface area contributed by atoms with E-state index in [-0.39, 0.29) is 5.56 Å². The van der Waals surface area contributed by atoms with Crippen LogP contribution in [0.25, 0.3) is 0 Å². The standard InChI is InChI=1S/C11H12F3NO3/c1-15(2)7-4-5-9(18-11(12,13)14)8(6-7)10(16)17-3/h4-6H,1-3H3. The van der Waals surface area contributed by atoms with Crippen molar-refractivity contribution in [2.45, 2.75) is 6.36 Å². The molecule has 18 heavy (non-hydrogen) atoms. The van der Waals surface area contributed by atoms with Gasteiger partial charge in [-0.05, 0) is 18.2 Å². The summed E-state index contributed by atoms with van der Waals surface area (Å²) >= 11 is 0. The highest BCUT2D eigenvalue weighted by atomic mass is 19.4. The Morgan fingerprint density at radius 1 is 1.28 bits per heavy atom. The molecule has 0 aliphatic heterocycles. The van der Waals surface area contributed by atoms with Crippen LogP contribution in [0.1, 0.15) is 10.4 Å². The topological polar surface area (TPSA) is 38.8 Å². The van der Waals surface area contributed by atoms with Crippen LogP contribution in [0.15, 0.2) is 18.2 Å². The van der Waals surface area contributed by atoms with Crippen molar-refractivity contribution >= 4 is 11.7 Å². The zero-order valence-corrected chi connectivity index (χ0v) is 10.0. The third kappa shape index (κ3) is 3.54. The summed E-state index contributed by atoms with van der Waals surface area (Å²) < 4.78 is 44.7. The van der Waals surface area contributed by atoms with Crippen LogP contribution >= 0.6 is 0 Å². The predicted octanol–water partition coefficient (Wildman–Crippen LogP) is 2.44. The third-order valence-corrected chi connectivity index (χ3v) is 2.11. The number of alkyl halides is 3. The lowest BCUT2D eigenvalue weighted by Gasteiger charge is -2.16. The first-order chi connectivity index (χ1) is 8.24. The van der Waals surface area contributed by atoms with Crippen LogP contribution in [0, 0.1) is 0 Å². The molecule has 0 saturated carbocycles. The number of ether oxygens (including phenoxy) is 2. The van der Waals surface area contributed by atoms with Gasteiger partial charge in [0.1, 0.15) is 11.3 Å². The van der Waals surface area contributed by atoms with Crippen molar-refractivity contribution in [1.82, 2.24) is 0 Å². The summed E-state index contributed by atoms with van der Waals surface area (Å²) in [7, 11) is 4.48. The second-order valence-electron chi connectivity index (χ2n) is 3.61. The van der Waals surface area contributed by atoms with Crippen molar-refractivity contribution in [2.24, 2.45) is 0 Å². The summed E-state index contributed by atoms with van der Waals surface area (Å²) in [5, 5.41) is 0. The maximum absolute atomic E-state index is 12.2. The lowest BCUT2D eigenvalue weighted by atomic mass is 10.1. The van der Waals surface area contributed by atoms with Gasteiger partial charge in [0, 0.05) is 19.8 Å². The number of anilines is 1. The number of hydrogen-bond donors (Lipinski definition) is 0. The second-order valence-corrected chi connectivity index (χ2v) is 3.61. The van der Waals surface area contributed by atoms with E-state index in [1.54, 1.807) is 19.0 Å². The first kappa shape index (κ1) is 14.1. The zero-order chi connectivity index (χ0) is 13.9. The minimum atomic E-state index is -4.86. The number of carbonyl (C=O) groups excluding carboxylic acids is 1. The van der Waals surface area contributed by atoms with Gasteiger partial charge in [0.15, 0.2) is 0 Å². The molecule has 0 aliphatic carbocycles. The Kier molecular flexibility index (Phi) is 4.05. The molecular formula is C11H12F3NO3. The van der Waals surface area contributed by atoms with E-state index < -0.39 is 18.1 Å². The fourth-order valence-corrected chi connectivity index (χ4v) is 1.28. The smallest absolute Gasteiger partial charge is 0.465 e. The van der Waals surface area contributed by atoms with E-state index in [1.165, 1.54) is 12.1 Å². The van der Waals surface area contributed by atoms with E-state index in [0.717, 1.165) is 13.2 Å². The molecule has 1 rings (SSSR count). The fraction of sp³-hybridized carbons (Fsp3) is 0.364. The van der Waals surface area contributed by atoms with Gasteiger partial charge in [-0.3, -0.25) is 0 Å². The molecule has 0 fully saturated rings. The van der Waals surface area contributed by atoms with Gasteiger partial charge in [-0.15, -0.1) is 13.2 Å². The van der Waals surface area contributed by atoms with Gasteiger partial charge >= 0.3 is 12.3 Å². The van der Waals surface area contributed by atoms with Crippen LogP contribution in [0.5, 0.6) is 5.75 Å². The quantitative estimate of drug-likeness (QED) is 0.785. The minimum Gasteiger partial charge on any atom is -0.465 e. The molecule has 0 unspecified atom stereocenters. The van der Waals surface area contributed by atoms with Crippen molar-refractivity contribution in [2.75, 3.05) is 26.1 Å². The van der Waals surface area contributed by atoms with Gasteiger partial charge < -0.3 is 14.4 Å². The van der Waals surface area contributed by atoms with Gasteiger partial charge in [-0.25, -0.2) is 4.79 Å². The Balaban J connectivity index is 3.21. The van der Waals surface area contributed by atoms with Crippen LogP contribution in [-0.2, 0) is 4.74 Å². The Labute approximate surface area is 102 Å². The molecule has 1 aromatic carbocycles. The number of nitrogens with zero attached hydrogens (tertiary/aromatic N) is 1. The van der Waals surface area contributed by atoms with Crippen molar-refractivity contribution in [3.05, 3.63) is 23.8 Å². The maximum atomic E-state index is 12.2. The largest absolute Gasteiger partial charge is 0.573 e. The van der Waals surface area contributed by atoms with Crippen molar-refractivity contribution < 1.29 is 27.4 Å². The van der Waals surface area contributed by atoms with Crippen LogP contribution in [-0.4, -0.2) is 33.5 Å². The monoisotopic (exact) mass is 263 g/mol. The molecule has 100 valence electrons. The summed E-state index contributed by atoms with van der Waals surface area (Å²) in [4.78, 5) is 13.0. The molecule has 0 spiro atoms. The van der Waals surface area contributed by atoms with Gasteiger partial charge in [0.05, 0.1) is 7.11 Å². The number of carbonyl (C=O) groups is 1. The van der Waals surface area contributed by atoms with Gasteiger partial charge in [0.2, 0.25) is 0 Å². The van der Waals surface area contributed by atoms with Gasteiger partial charge in [-0.2, -0.15) is 0 Å². The molecule has 1 aromatic rings. The molecular weight excluding hydrogens is 251 g/mol. The molecule has 0 heterocycles. The SMILES string of the molecule is COC(=O)c1cc(N(C)C)ccc1OC(F)(F)F. The van der Waals surface area contributed by atoms with Crippen LogP contribution in [0.4, 0.5) is 18.9 Å². The Morgan fingerprint density at radius 2 is 1.89 bits per heavy atom. The average molecular weight is 263 g/mol. The molecule has 0 N–H and O–H groups in total. The van der Waals surface area contributed by atoms with Crippen LogP contribution in [0.3, 0.4) is 0 Å². The van der Waals surface area contributed by atoms with E-state index in [9.17, 15) is 18.0 Å². The zero-order valence-electron chi connectivity index (χ0n) is 10.0. The van der Waals surface area contributed by atoms with Gasteiger partial charge in [-0.1, -0.05) is 0 Å². The lowest BCUT2D eigenvalue weighted by Crippen LogP contribution is -2.20. The Hall–Kier alpha value is -1.92. The summed E-state index contributed by atoms with van der Waals surface area (Å²) in [6.45, 7) is 0. The lowest BCUT2D eigenvalue weighted by molar-refractivity contribution is -0.274. The molecule has 4 nitrogen and oxygen atoms in total. The third-order valence-electron chi connectivity index (χ3n) is 2.11. The highest BCUT2D eigenvalue weighted by Crippen LogP contribution is 2.29. The molecule has 0 aliphatic rings. The van der Waals surface area contributed by atoms with E-state index in [1.807, 2.05) is 0 Å². The highest BCUT2D eigenvalue weighted by molar-refractivity contribution is 5.93. The molecule has 0 radical (unpaired) electrons. The average Bonchev–Trinajstić information content (AvgIpc) is 2.26. The number of halogens is 3. The summed E-state index contributed by atoms with van der Waals surface area (Å²) in [6, 6.07) is 3.76. The van der Waals surface area contributed by atoms with Crippen LogP contribution in [0.2, 0.25) is 0 Å². The number of esters is 1. The van der Waals surface area contributed by atoms with Crippen molar-refractivity contribution in [1.29, 1.82) is 0 Å². The predicted molar refractivity (Wildman–Crippen MR) is 58.8 cm³/mol. The summed E-state index contributed by atoms with van der Waals surface area (Å²) in [5.74, 6) is -1.47. The number of methoxy groups -OCH3 is 1. The van der Waals surface area contributed by atoms with Gasteiger partial charge in [0.25, 0.3) is 0 Å². The Morgan fingerprint density at radius 3 is 2.33 bits per heavy atom. The number of rotatable bonds is 3. The molecule has 0 amide bonds. The van der Waals surface area contributed by atoms with E-state index in [2.05, 4.69) is 9.47 Å². The van der Waals surface area contributed by atoms with E-state index in [4.69, 9.17) is 0 Å². The normalized spacial score (nSPS) is 11.0.